The lowest BCUT2D eigenvalue weighted by atomic mass is 9.95. The number of hydrogen-bond donors (Lipinski definition) is 1. The minimum Gasteiger partial charge on any atom is -0.463 e. The highest BCUT2D eigenvalue weighted by atomic mass is 35.5. The molecule has 4 rings (SSSR count). The summed E-state index contributed by atoms with van der Waals surface area (Å²) < 4.78 is 7.28. The van der Waals surface area contributed by atoms with Crippen LogP contribution in [0, 0.1) is 0 Å². The summed E-state index contributed by atoms with van der Waals surface area (Å²) in [5.74, 6) is 0.217. The molecule has 7 heteroatoms. The number of benzene rings is 2. The highest BCUT2D eigenvalue weighted by Crippen LogP contribution is 2.44. The highest BCUT2D eigenvalue weighted by molar-refractivity contribution is 6.36. The highest BCUT2D eigenvalue weighted by Gasteiger charge is 2.37. The van der Waals surface area contributed by atoms with Crippen LogP contribution in [0.4, 0.5) is 5.95 Å². The summed E-state index contributed by atoms with van der Waals surface area (Å²) in [6, 6.07) is 12.5. The first-order chi connectivity index (χ1) is 13.0. The van der Waals surface area contributed by atoms with E-state index in [2.05, 4.69) is 10.3 Å². The van der Waals surface area contributed by atoms with Crippen molar-refractivity contribution in [3.63, 3.8) is 0 Å². The van der Waals surface area contributed by atoms with Crippen molar-refractivity contribution in [2.24, 2.45) is 0 Å². The summed E-state index contributed by atoms with van der Waals surface area (Å²) in [5, 5.41) is 4.18. The average Bonchev–Trinajstić information content (AvgIpc) is 2.99. The molecule has 1 aromatic heterocycles. The van der Waals surface area contributed by atoms with Gasteiger partial charge in [0, 0.05) is 21.3 Å². The zero-order chi connectivity index (χ0) is 19.1. The van der Waals surface area contributed by atoms with E-state index in [-0.39, 0.29) is 6.61 Å². The second kappa shape index (κ2) is 6.91. The lowest BCUT2D eigenvalue weighted by Crippen LogP contribution is -2.29. The summed E-state index contributed by atoms with van der Waals surface area (Å²) in [6.45, 7) is 3.88. The topological polar surface area (TPSA) is 56.1 Å². The van der Waals surface area contributed by atoms with Crippen molar-refractivity contribution in [1.82, 2.24) is 9.55 Å². The molecule has 0 aliphatic carbocycles. The number of imidazole rings is 1. The van der Waals surface area contributed by atoms with Gasteiger partial charge in [-0.2, -0.15) is 0 Å². The normalized spacial score (nSPS) is 16.2. The second-order valence-corrected chi connectivity index (χ2v) is 7.03. The molecule has 1 aliphatic heterocycles. The van der Waals surface area contributed by atoms with Gasteiger partial charge in [-0.3, -0.25) is 4.57 Å². The Morgan fingerprint density at radius 1 is 1.19 bits per heavy atom. The minimum atomic E-state index is -0.547. The third kappa shape index (κ3) is 2.87. The molecule has 0 radical (unpaired) electrons. The van der Waals surface area contributed by atoms with Gasteiger partial charge in [0.05, 0.1) is 29.3 Å². The number of esters is 1. The van der Waals surface area contributed by atoms with E-state index in [1.807, 2.05) is 35.8 Å². The molecule has 1 atom stereocenters. The van der Waals surface area contributed by atoms with E-state index in [1.54, 1.807) is 25.1 Å². The smallest absolute Gasteiger partial charge is 0.338 e. The van der Waals surface area contributed by atoms with Crippen molar-refractivity contribution in [1.29, 1.82) is 0 Å². The molecule has 1 unspecified atom stereocenters. The van der Waals surface area contributed by atoms with Crippen LogP contribution in [0.5, 0.6) is 0 Å². The number of halogens is 2. The number of nitrogens with one attached hydrogen (secondary N) is 1. The van der Waals surface area contributed by atoms with Gasteiger partial charge >= 0.3 is 5.97 Å². The van der Waals surface area contributed by atoms with Crippen molar-refractivity contribution < 1.29 is 9.53 Å². The number of para-hydroxylation sites is 2. The zero-order valence-corrected chi connectivity index (χ0v) is 16.3. The first-order valence-electron chi connectivity index (χ1n) is 8.58. The Morgan fingerprint density at radius 3 is 2.59 bits per heavy atom. The fourth-order valence-corrected chi connectivity index (χ4v) is 4.09. The van der Waals surface area contributed by atoms with Crippen LogP contribution in [0.3, 0.4) is 0 Å². The van der Waals surface area contributed by atoms with Crippen LogP contribution in [0.2, 0.25) is 10.0 Å². The number of fused-ring (bicyclic) bond motifs is 3. The summed E-state index contributed by atoms with van der Waals surface area (Å²) in [6.07, 6.45) is 0. The van der Waals surface area contributed by atoms with E-state index >= 15 is 0 Å². The molecule has 0 amide bonds. The van der Waals surface area contributed by atoms with Gasteiger partial charge in [-0.05, 0) is 38.1 Å². The van der Waals surface area contributed by atoms with Crippen LogP contribution in [0.15, 0.2) is 53.7 Å². The lowest BCUT2D eigenvalue weighted by Gasteiger charge is -2.31. The molecule has 0 bridgehead atoms. The third-order valence-electron chi connectivity index (χ3n) is 4.60. The number of anilines is 1. The van der Waals surface area contributed by atoms with Crippen molar-refractivity contribution in [2.75, 3.05) is 11.9 Å². The van der Waals surface area contributed by atoms with Crippen LogP contribution in [-0.2, 0) is 9.53 Å². The molecule has 3 aromatic rings. The van der Waals surface area contributed by atoms with Gasteiger partial charge in [0.25, 0.3) is 0 Å². The van der Waals surface area contributed by atoms with E-state index in [4.69, 9.17) is 27.9 Å². The molecule has 1 aliphatic rings. The molecule has 138 valence electrons. The summed E-state index contributed by atoms with van der Waals surface area (Å²) >= 11 is 13.1. The van der Waals surface area contributed by atoms with Gasteiger partial charge in [-0.1, -0.05) is 41.4 Å². The Balaban J connectivity index is 2.05. The van der Waals surface area contributed by atoms with Crippen molar-refractivity contribution in [2.45, 2.75) is 19.9 Å². The fourth-order valence-electron chi connectivity index (χ4n) is 3.48. The first-order valence-corrected chi connectivity index (χ1v) is 9.34. The maximum absolute atomic E-state index is 12.8. The first kappa shape index (κ1) is 17.9. The van der Waals surface area contributed by atoms with E-state index in [0.717, 1.165) is 11.0 Å². The van der Waals surface area contributed by atoms with Crippen molar-refractivity contribution >= 4 is 46.2 Å². The van der Waals surface area contributed by atoms with Crippen LogP contribution >= 0.6 is 23.2 Å². The van der Waals surface area contributed by atoms with Gasteiger partial charge in [-0.25, -0.2) is 9.78 Å². The van der Waals surface area contributed by atoms with Gasteiger partial charge in [0.15, 0.2) is 0 Å². The Labute approximate surface area is 166 Å². The Hall–Kier alpha value is -2.50. The second-order valence-electron chi connectivity index (χ2n) is 6.22. The van der Waals surface area contributed by atoms with Gasteiger partial charge in [-0.15, -0.1) is 0 Å². The molecule has 2 heterocycles. The summed E-state index contributed by atoms with van der Waals surface area (Å²) in [4.78, 5) is 17.5. The SMILES string of the molecule is CCOC(=O)C1=C(C)Nc2nc3ccccc3n2C1c1c(Cl)cccc1Cl. The molecule has 0 saturated carbocycles. The maximum atomic E-state index is 12.8. The lowest BCUT2D eigenvalue weighted by molar-refractivity contribution is -0.139. The number of ether oxygens (including phenoxy) is 1. The van der Waals surface area contributed by atoms with Gasteiger partial charge in [0.2, 0.25) is 5.95 Å². The molecule has 0 fully saturated rings. The van der Waals surface area contributed by atoms with Gasteiger partial charge in [0.1, 0.15) is 0 Å². The molecule has 0 spiro atoms. The molecule has 27 heavy (non-hydrogen) atoms. The Kier molecular flexibility index (Phi) is 4.58. The number of carbonyl (C=O) groups is 1. The quantitative estimate of drug-likeness (QED) is 0.613. The van der Waals surface area contributed by atoms with E-state index in [0.29, 0.717) is 32.8 Å². The Bertz CT molecular complexity index is 1070. The predicted molar refractivity (Wildman–Crippen MR) is 107 cm³/mol. The third-order valence-corrected chi connectivity index (χ3v) is 5.26. The predicted octanol–water partition coefficient (Wildman–Crippen LogP) is 5.20. The number of carbonyl (C=O) groups excluding carboxylic acids is 1. The monoisotopic (exact) mass is 401 g/mol. The number of allylic oxidation sites excluding steroid dienone is 1. The van der Waals surface area contributed by atoms with Crippen molar-refractivity contribution in [3.05, 3.63) is 69.3 Å². The van der Waals surface area contributed by atoms with E-state index < -0.39 is 12.0 Å². The van der Waals surface area contributed by atoms with Crippen LogP contribution < -0.4 is 5.32 Å². The average molecular weight is 402 g/mol. The number of nitrogens with zero attached hydrogens (tertiary/aromatic N) is 2. The largest absolute Gasteiger partial charge is 0.463 e. The van der Waals surface area contributed by atoms with Gasteiger partial charge < -0.3 is 10.1 Å². The number of aromatic nitrogens is 2. The Morgan fingerprint density at radius 2 is 1.89 bits per heavy atom. The molecular weight excluding hydrogens is 385 g/mol. The molecule has 0 saturated heterocycles. The minimum absolute atomic E-state index is 0.274. The van der Waals surface area contributed by atoms with Crippen LogP contribution in [0.25, 0.3) is 11.0 Å². The molecular formula is C20H17Cl2N3O2. The molecule has 1 N–H and O–H groups in total. The molecule has 5 nitrogen and oxygen atoms in total. The number of rotatable bonds is 3. The van der Waals surface area contributed by atoms with Crippen molar-refractivity contribution in [3.8, 4) is 0 Å². The summed E-state index contributed by atoms with van der Waals surface area (Å²) in [5.41, 5.74) is 3.45. The standard InChI is InChI=1S/C20H17Cl2N3O2/c1-3-27-19(26)16-11(2)23-20-24-14-9-4-5-10-15(14)25(20)18(16)17-12(21)7-6-8-13(17)22/h4-10,18H,3H2,1-2H3,(H,23,24). The van der Waals surface area contributed by atoms with E-state index in [9.17, 15) is 4.79 Å². The van der Waals surface area contributed by atoms with E-state index in [1.165, 1.54) is 0 Å². The van der Waals surface area contributed by atoms with Crippen LogP contribution in [-0.4, -0.2) is 22.1 Å². The number of hydrogen-bond acceptors (Lipinski definition) is 4. The maximum Gasteiger partial charge on any atom is 0.338 e. The van der Waals surface area contributed by atoms with Crippen LogP contribution in [0.1, 0.15) is 25.5 Å². The zero-order valence-electron chi connectivity index (χ0n) is 14.8. The molecule has 2 aromatic carbocycles. The fraction of sp³-hybridized carbons (Fsp3) is 0.200. The summed E-state index contributed by atoms with van der Waals surface area (Å²) in [7, 11) is 0.